The second-order valence-corrected chi connectivity index (χ2v) is 3.64. The summed E-state index contributed by atoms with van der Waals surface area (Å²) in [5.74, 6) is -1.48. The van der Waals surface area contributed by atoms with Gasteiger partial charge in [0.25, 0.3) is 0 Å². The maximum Gasteiger partial charge on any atom is 0.306 e. The zero-order chi connectivity index (χ0) is 12.4. The predicted octanol–water partition coefficient (Wildman–Crippen LogP) is 1.46. The predicted molar refractivity (Wildman–Crippen MR) is 58.1 cm³/mol. The highest BCUT2D eigenvalue weighted by molar-refractivity contribution is 5.70. The third-order valence-electron chi connectivity index (χ3n) is 2.41. The second-order valence-electron chi connectivity index (χ2n) is 3.64. The zero-order valence-corrected chi connectivity index (χ0v) is 9.90. The van der Waals surface area contributed by atoms with Crippen molar-refractivity contribution in [2.45, 2.75) is 32.1 Å². The minimum absolute atomic E-state index is 0.282. The van der Waals surface area contributed by atoms with E-state index in [1.807, 2.05) is 0 Å². The summed E-state index contributed by atoms with van der Waals surface area (Å²) in [7, 11) is 2.92. The lowest BCUT2D eigenvalue weighted by Crippen LogP contribution is -2.15. The van der Waals surface area contributed by atoms with Gasteiger partial charge in [-0.2, -0.15) is 0 Å². The molecule has 0 rings (SSSR count). The largest absolute Gasteiger partial charge is 0.481 e. The van der Waals surface area contributed by atoms with Crippen molar-refractivity contribution in [1.29, 1.82) is 0 Å². The van der Waals surface area contributed by atoms with Crippen molar-refractivity contribution in [1.82, 2.24) is 0 Å². The SMILES string of the molecule is COCCCC(CCCC(=O)OC)C(=O)O. The molecule has 0 amide bonds. The number of rotatable bonds is 9. The van der Waals surface area contributed by atoms with Crippen molar-refractivity contribution in [3.8, 4) is 0 Å². The number of carboxylic acid groups (broad SMARTS) is 1. The number of hydrogen-bond acceptors (Lipinski definition) is 4. The van der Waals surface area contributed by atoms with Gasteiger partial charge in [0, 0.05) is 20.1 Å². The van der Waals surface area contributed by atoms with E-state index in [4.69, 9.17) is 9.84 Å². The molecule has 0 spiro atoms. The Bertz CT molecular complexity index is 214. The molecular weight excluding hydrogens is 212 g/mol. The fourth-order valence-corrected chi connectivity index (χ4v) is 1.46. The smallest absolute Gasteiger partial charge is 0.306 e. The van der Waals surface area contributed by atoms with Crippen molar-refractivity contribution in [3.63, 3.8) is 0 Å². The van der Waals surface area contributed by atoms with Crippen LogP contribution in [0.25, 0.3) is 0 Å². The molecule has 0 aliphatic rings. The van der Waals surface area contributed by atoms with Gasteiger partial charge < -0.3 is 14.6 Å². The lowest BCUT2D eigenvalue weighted by Gasteiger charge is -2.11. The van der Waals surface area contributed by atoms with Crippen LogP contribution in [0.2, 0.25) is 0 Å². The number of methoxy groups -OCH3 is 2. The number of carbonyl (C=O) groups excluding carboxylic acids is 1. The maximum absolute atomic E-state index is 10.9. The molecule has 0 aromatic heterocycles. The highest BCUT2D eigenvalue weighted by atomic mass is 16.5. The Kier molecular flexibility index (Phi) is 8.52. The molecule has 0 radical (unpaired) electrons. The van der Waals surface area contributed by atoms with Crippen molar-refractivity contribution in [2.24, 2.45) is 5.92 Å². The number of hydrogen-bond donors (Lipinski definition) is 1. The summed E-state index contributed by atoms with van der Waals surface area (Å²) in [5, 5.41) is 8.94. The maximum atomic E-state index is 10.9. The quantitative estimate of drug-likeness (QED) is 0.481. The van der Waals surface area contributed by atoms with Crippen molar-refractivity contribution < 1.29 is 24.2 Å². The standard InChI is InChI=1S/C11H20O5/c1-15-8-4-6-9(11(13)14)5-3-7-10(12)16-2/h9H,3-8H2,1-2H3,(H,13,14). The van der Waals surface area contributed by atoms with E-state index < -0.39 is 5.97 Å². The summed E-state index contributed by atoms with van der Waals surface area (Å²) in [6.07, 6.45) is 2.66. The van der Waals surface area contributed by atoms with Crippen LogP contribution in [0.1, 0.15) is 32.1 Å². The molecule has 0 heterocycles. The zero-order valence-electron chi connectivity index (χ0n) is 9.90. The van der Waals surface area contributed by atoms with E-state index in [-0.39, 0.29) is 18.3 Å². The van der Waals surface area contributed by atoms with Crippen LogP contribution in [0.5, 0.6) is 0 Å². The van der Waals surface area contributed by atoms with Crippen LogP contribution in [0.4, 0.5) is 0 Å². The van der Waals surface area contributed by atoms with E-state index in [1.165, 1.54) is 7.11 Å². The van der Waals surface area contributed by atoms with Gasteiger partial charge in [0.15, 0.2) is 0 Å². The molecule has 1 N–H and O–H groups in total. The highest BCUT2D eigenvalue weighted by Gasteiger charge is 2.17. The van der Waals surface area contributed by atoms with Crippen molar-refractivity contribution >= 4 is 11.9 Å². The van der Waals surface area contributed by atoms with Gasteiger partial charge in [-0.1, -0.05) is 0 Å². The van der Waals surface area contributed by atoms with Crippen LogP contribution in [0, 0.1) is 5.92 Å². The van der Waals surface area contributed by atoms with E-state index in [9.17, 15) is 9.59 Å². The first kappa shape index (κ1) is 14.9. The molecule has 0 aromatic rings. The fourth-order valence-electron chi connectivity index (χ4n) is 1.46. The first-order valence-electron chi connectivity index (χ1n) is 5.40. The summed E-state index contributed by atoms with van der Waals surface area (Å²) in [6.45, 7) is 0.570. The monoisotopic (exact) mass is 232 g/mol. The minimum Gasteiger partial charge on any atom is -0.481 e. The molecule has 0 bridgehead atoms. The average Bonchev–Trinajstić information content (AvgIpc) is 2.26. The Labute approximate surface area is 95.7 Å². The molecule has 5 heteroatoms. The number of carbonyl (C=O) groups is 2. The molecule has 16 heavy (non-hydrogen) atoms. The lowest BCUT2D eigenvalue weighted by molar-refractivity contribution is -0.144. The Morgan fingerprint density at radius 3 is 2.31 bits per heavy atom. The second kappa shape index (κ2) is 9.15. The Balaban J connectivity index is 3.76. The van der Waals surface area contributed by atoms with Crippen LogP contribution in [-0.4, -0.2) is 37.9 Å². The van der Waals surface area contributed by atoms with Gasteiger partial charge >= 0.3 is 11.9 Å². The molecule has 0 saturated heterocycles. The molecule has 1 atom stereocenters. The lowest BCUT2D eigenvalue weighted by atomic mass is 9.97. The summed E-state index contributed by atoms with van der Waals surface area (Å²) < 4.78 is 9.35. The van der Waals surface area contributed by atoms with Crippen molar-refractivity contribution in [3.05, 3.63) is 0 Å². The molecule has 0 fully saturated rings. The number of carboxylic acids is 1. The average molecular weight is 232 g/mol. The van der Waals surface area contributed by atoms with Crippen LogP contribution in [-0.2, 0) is 19.1 Å². The van der Waals surface area contributed by atoms with E-state index in [0.717, 1.165) is 6.42 Å². The highest BCUT2D eigenvalue weighted by Crippen LogP contribution is 2.15. The third kappa shape index (κ3) is 7.23. The molecular formula is C11H20O5. The van der Waals surface area contributed by atoms with E-state index >= 15 is 0 Å². The van der Waals surface area contributed by atoms with Gasteiger partial charge in [0.1, 0.15) is 0 Å². The third-order valence-corrected chi connectivity index (χ3v) is 2.41. The molecule has 0 aliphatic carbocycles. The van der Waals surface area contributed by atoms with Crippen LogP contribution >= 0.6 is 0 Å². The molecule has 1 unspecified atom stereocenters. The number of esters is 1. The van der Waals surface area contributed by atoms with Gasteiger partial charge in [-0.25, -0.2) is 0 Å². The van der Waals surface area contributed by atoms with E-state index in [1.54, 1.807) is 7.11 Å². The Morgan fingerprint density at radius 2 is 1.81 bits per heavy atom. The first-order chi connectivity index (χ1) is 7.61. The van der Waals surface area contributed by atoms with Gasteiger partial charge in [0.2, 0.25) is 0 Å². The first-order valence-corrected chi connectivity index (χ1v) is 5.40. The molecule has 94 valence electrons. The summed E-state index contributed by atoms with van der Waals surface area (Å²) in [6, 6.07) is 0. The van der Waals surface area contributed by atoms with E-state index in [0.29, 0.717) is 25.9 Å². The Hall–Kier alpha value is -1.10. The topological polar surface area (TPSA) is 72.8 Å². The van der Waals surface area contributed by atoms with Gasteiger partial charge in [-0.05, 0) is 25.7 Å². The summed E-state index contributed by atoms with van der Waals surface area (Å²) in [4.78, 5) is 21.7. The van der Waals surface area contributed by atoms with Crippen LogP contribution in [0.3, 0.4) is 0 Å². The molecule has 0 aromatic carbocycles. The van der Waals surface area contributed by atoms with Crippen LogP contribution < -0.4 is 0 Å². The van der Waals surface area contributed by atoms with Gasteiger partial charge in [-0.15, -0.1) is 0 Å². The number of aliphatic carboxylic acids is 1. The summed E-state index contributed by atoms with van der Waals surface area (Å²) in [5.41, 5.74) is 0. The minimum atomic E-state index is -0.805. The van der Waals surface area contributed by atoms with E-state index in [2.05, 4.69) is 4.74 Å². The Morgan fingerprint density at radius 1 is 1.19 bits per heavy atom. The fraction of sp³-hybridized carbons (Fsp3) is 0.818. The molecule has 0 aliphatic heterocycles. The molecule has 0 saturated carbocycles. The van der Waals surface area contributed by atoms with Crippen molar-refractivity contribution in [2.75, 3.05) is 20.8 Å². The number of ether oxygens (including phenoxy) is 2. The van der Waals surface area contributed by atoms with Gasteiger partial charge in [-0.3, -0.25) is 9.59 Å². The summed E-state index contributed by atoms with van der Waals surface area (Å²) >= 11 is 0. The van der Waals surface area contributed by atoms with Crippen LogP contribution in [0.15, 0.2) is 0 Å². The normalized spacial score (nSPS) is 12.1. The molecule has 5 nitrogen and oxygen atoms in total. The van der Waals surface area contributed by atoms with Gasteiger partial charge in [0.05, 0.1) is 13.0 Å².